The molecule has 0 aromatic heterocycles. The van der Waals surface area contributed by atoms with Crippen molar-refractivity contribution in [2.45, 2.75) is 52.1 Å². The Balaban J connectivity index is 1.78. The van der Waals surface area contributed by atoms with Gasteiger partial charge in [0.2, 0.25) is 0 Å². The van der Waals surface area contributed by atoms with Crippen LogP contribution >= 0.6 is 0 Å². The second-order valence-corrected chi connectivity index (χ2v) is 9.35. The van der Waals surface area contributed by atoms with Crippen molar-refractivity contribution in [3.8, 4) is 11.5 Å². The van der Waals surface area contributed by atoms with E-state index in [9.17, 15) is 9.59 Å². The van der Waals surface area contributed by atoms with Crippen LogP contribution in [0.3, 0.4) is 0 Å². The van der Waals surface area contributed by atoms with Crippen LogP contribution in [0.15, 0.2) is 12.1 Å². The van der Waals surface area contributed by atoms with Gasteiger partial charge in [-0.05, 0) is 67.2 Å². The third-order valence-corrected chi connectivity index (χ3v) is 6.68. The number of piperidine rings is 1. The van der Waals surface area contributed by atoms with Gasteiger partial charge in [-0.1, -0.05) is 13.8 Å². The van der Waals surface area contributed by atoms with Crippen molar-refractivity contribution in [2.24, 2.45) is 17.8 Å². The van der Waals surface area contributed by atoms with Gasteiger partial charge in [0.05, 0.1) is 20.8 Å². The predicted molar refractivity (Wildman–Crippen MR) is 120 cm³/mol. The zero-order chi connectivity index (χ0) is 23.4. The molecule has 2 aliphatic rings. The Labute approximate surface area is 190 Å². The number of ether oxygens (including phenoxy) is 3. The lowest BCUT2D eigenvalue weighted by atomic mass is 9.74. The Kier molecular flexibility index (Phi) is 7.87. The monoisotopic (exact) mass is 448 g/mol. The van der Waals surface area contributed by atoms with E-state index in [4.69, 9.17) is 19.3 Å². The standard InChI is InChI=1S/C24H36N2O6/c1-14(2)8-17-12-26-7-6-16-10-21(30-4)22(31-5)11-19(16)20(26)9-18(17)13-32-24(29)25-15(3)23(27)28/h10-11,14-15,17-18,20H,6-9,12-13H2,1-5H3,(H,25,29)(H,27,28)/t15-,17?,18?,20?/m0/s1. The maximum atomic E-state index is 12.1. The third-order valence-electron chi connectivity index (χ3n) is 6.68. The highest BCUT2D eigenvalue weighted by Crippen LogP contribution is 2.45. The summed E-state index contributed by atoms with van der Waals surface area (Å²) in [5.74, 6) is 1.54. The van der Waals surface area contributed by atoms with Crippen LogP contribution in [-0.4, -0.2) is 62.0 Å². The molecule has 3 unspecified atom stereocenters. The van der Waals surface area contributed by atoms with Crippen LogP contribution in [0.1, 0.15) is 50.8 Å². The number of carbonyl (C=O) groups is 2. The minimum atomic E-state index is -1.09. The molecule has 1 aromatic rings. The molecule has 2 heterocycles. The highest BCUT2D eigenvalue weighted by molar-refractivity contribution is 5.79. The molecule has 178 valence electrons. The van der Waals surface area contributed by atoms with E-state index in [0.717, 1.165) is 43.9 Å². The summed E-state index contributed by atoms with van der Waals surface area (Å²) in [7, 11) is 3.30. The molecule has 32 heavy (non-hydrogen) atoms. The first kappa shape index (κ1) is 24.2. The predicted octanol–water partition coefficient (Wildman–Crippen LogP) is 3.48. The average Bonchev–Trinajstić information content (AvgIpc) is 2.75. The van der Waals surface area contributed by atoms with E-state index >= 15 is 0 Å². The molecule has 0 saturated carbocycles. The highest BCUT2D eigenvalue weighted by Gasteiger charge is 2.40. The van der Waals surface area contributed by atoms with Gasteiger partial charge in [0, 0.05) is 19.1 Å². The summed E-state index contributed by atoms with van der Waals surface area (Å²) in [6.45, 7) is 8.08. The molecule has 0 radical (unpaired) electrons. The molecule has 0 spiro atoms. The normalized spacial score (nSPS) is 23.6. The lowest BCUT2D eigenvalue weighted by molar-refractivity contribution is -0.138. The minimum absolute atomic E-state index is 0.198. The third kappa shape index (κ3) is 5.46. The number of alkyl carbamates (subject to hydrolysis) is 1. The second kappa shape index (κ2) is 10.4. The molecule has 2 N–H and O–H groups in total. The van der Waals surface area contributed by atoms with Crippen LogP contribution in [0.4, 0.5) is 4.79 Å². The molecular weight excluding hydrogens is 412 g/mol. The van der Waals surface area contributed by atoms with Crippen molar-refractivity contribution >= 4 is 12.1 Å². The van der Waals surface area contributed by atoms with Crippen molar-refractivity contribution < 1.29 is 28.9 Å². The lowest BCUT2D eigenvalue weighted by Gasteiger charge is -2.47. The van der Waals surface area contributed by atoms with Crippen LogP contribution in [-0.2, 0) is 16.0 Å². The zero-order valence-corrected chi connectivity index (χ0v) is 19.7. The topological polar surface area (TPSA) is 97.3 Å². The molecule has 8 nitrogen and oxygen atoms in total. The number of carboxylic acid groups (broad SMARTS) is 1. The van der Waals surface area contributed by atoms with Gasteiger partial charge in [-0.2, -0.15) is 0 Å². The Morgan fingerprint density at radius 3 is 2.47 bits per heavy atom. The van der Waals surface area contributed by atoms with Crippen LogP contribution in [0, 0.1) is 17.8 Å². The van der Waals surface area contributed by atoms with E-state index in [2.05, 4.69) is 36.2 Å². The van der Waals surface area contributed by atoms with E-state index in [-0.39, 0.29) is 18.6 Å². The molecular formula is C24H36N2O6. The summed E-state index contributed by atoms with van der Waals surface area (Å²) in [5.41, 5.74) is 2.53. The van der Waals surface area contributed by atoms with Crippen LogP contribution in [0.5, 0.6) is 11.5 Å². The van der Waals surface area contributed by atoms with Gasteiger partial charge in [-0.15, -0.1) is 0 Å². The fraction of sp³-hybridized carbons (Fsp3) is 0.667. The Morgan fingerprint density at radius 1 is 1.16 bits per heavy atom. The number of aliphatic carboxylic acids is 1. The van der Waals surface area contributed by atoms with Crippen LogP contribution in [0.25, 0.3) is 0 Å². The summed E-state index contributed by atoms with van der Waals surface area (Å²) in [6, 6.07) is 3.42. The summed E-state index contributed by atoms with van der Waals surface area (Å²) in [6.07, 6.45) is 2.23. The van der Waals surface area contributed by atoms with Gasteiger partial charge in [-0.3, -0.25) is 9.69 Å². The second-order valence-electron chi connectivity index (χ2n) is 9.35. The van der Waals surface area contributed by atoms with Crippen LogP contribution in [0.2, 0.25) is 0 Å². The maximum absolute atomic E-state index is 12.1. The number of fused-ring (bicyclic) bond motifs is 3. The summed E-state index contributed by atoms with van der Waals surface area (Å²) in [4.78, 5) is 25.7. The summed E-state index contributed by atoms with van der Waals surface area (Å²) >= 11 is 0. The molecule has 1 amide bonds. The number of nitrogens with zero attached hydrogens (tertiary/aromatic N) is 1. The summed E-state index contributed by atoms with van der Waals surface area (Å²) in [5, 5.41) is 11.4. The number of carbonyl (C=O) groups excluding carboxylic acids is 1. The smallest absolute Gasteiger partial charge is 0.407 e. The molecule has 1 aromatic carbocycles. The SMILES string of the molecule is COc1cc2c(cc1OC)C1CC(COC(=O)N[C@@H](C)C(=O)O)C(CC(C)C)CN1CC2. The Morgan fingerprint density at radius 2 is 1.84 bits per heavy atom. The molecule has 2 aliphatic heterocycles. The zero-order valence-electron chi connectivity index (χ0n) is 19.7. The fourth-order valence-corrected chi connectivity index (χ4v) is 5.04. The number of benzene rings is 1. The molecule has 1 fully saturated rings. The van der Waals surface area contributed by atoms with Gasteiger partial charge in [0.25, 0.3) is 0 Å². The molecule has 0 aliphatic carbocycles. The van der Waals surface area contributed by atoms with Crippen molar-refractivity contribution in [1.29, 1.82) is 0 Å². The largest absolute Gasteiger partial charge is 0.493 e. The molecule has 8 heteroatoms. The highest BCUT2D eigenvalue weighted by atomic mass is 16.5. The van der Waals surface area contributed by atoms with Crippen molar-refractivity contribution in [3.05, 3.63) is 23.3 Å². The van der Waals surface area contributed by atoms with Gasteiger partial charge in [-0.25, -0.2) is 4.79 Å². The van der Waals surface area contributed by atoms with E-state index in [1.54, 1.807) is 14.2 Å². The van der Waals surface area contributed by atoms with E-state index in [1.807, 2.05) is 0 Å². The average molecular weight is 449 g/mol. The van der Waals surface area contributed by atoms with E-state index in [0.29, 0.717) is 11.8 Å². The Bertz CT molecular complexity index is 827. The number of methoxy groups -OCH3 is 2. The number of carboxylic acids is 1. The van der Waals surface area contributed by atoms with Gasteiger partial charge in [0.15, 0.2) is 11.5 Å². The van der Waals surface area contributed by atoms with Crippen molar-refractivity contribution in [1.82, 2.24) is 10.2 Å². The van der Waals surface area contributed by atoms with Gasteiger partial charge >= 0.3 is 12.1 Å². The van der Waals surface area contributed by atoms with Crippen molar-refractivity contribution in [2.75, 3.05) is 33.9 Å². The van der Waals surface area contributed by atoms with E-state index < -0.39 is 18.1 Å². The first-order valence-corrected chi connectivity index (χ1v) is 11.4. The van der Waals surface area contributed by atoms with Gasteiger partial charge < -0.3 is 24.6 Å². The number of amides is 1. The van der Waals surface area contributed by atoms with Crippen molar-refractivity contribution in [3.63, 3.8) is 0 Å². The molecule has 3 rings (SSSR count). The van der Waals surface area contributed by atoms with Gasteiger partial charge in [0.1, 0.15) is 6.04 Å². The lowest BCUT2D eigenvalue weighted by Crippen LogP contribution is -2.48. The van der Waals surface area contributed by atoms with E-state index in [1.165, 1.54) is 18.1 Å². The first-order valence-electron chi connectivity index (χ1n) is 11.4. The Hall–Kier alpha value is -2.48. The summed E-state index contributed by atoms with van der Waals surface area (Å²) < 4.78 is 16.5. The minimum Gasteiger partial charge on any atom is -0.493 e. The molecule has 4 atom stereocenters. The maximum Gasteiger partial charge on any atom is 0.407 e. The van der Waals surface area contributed by atoms with Crippen LogP contribution < -0.4 is 14.8 Å². The first-order chi connectivity index (χ1) is 15.2. The number of hydrogen-bond donors (Lipinski definition) is 2. The fourth-order valence-electron chi connectivity index (χ4n) is 5.04. The quantitative estimate of drug-likeness (QED) is 0.628. The number of nitrogens with one attached hydrogen (secondary N) is 1. The molecule has 0 bridgehead atoms. The number of rotatable bonds is 8. The number of hydrogen-bond acceptors (Lipinski definition) is 6. The molecule has 1 saturated heterocycles.